The van der Waals surface area contributed by atoms with Crippen molar-refractivity contribution in [3.05, 3.63) is 52.9 Å². The molecule has 0 saturated carbocycles. The van der Waals surface area contributed by atoms with Crippen LogP contribution < -0.4 is 5.32 Å². The van der Waals surface area contributed by atoms with Crippen molar-refractivity contribution in [3.8, 4) is 0 Å². The lowest BCUT2D eigenvalue weighted by Gasteiger charge is -2.14. The molecule has 0 aliphatic carbocycles. The molecule has 82 valence electrons. The minimum absolute atomic E-state index is 0.225. The van der Waals surface area contributed by atoms with Gasteiger partial charge in [0.15, 0.2) is 0 Å². The molecule has 2 rings (SSSR count). The molecule has 0 bridgehead atoms. The maximum atomic E-state index is 4.13. The second-order valence-corrected chi connectivity index (χ2v) is 4.43. The summed E-state index contributed by atoms with van der Waals surface area (Å²) in [6.45, 7) is 2.10. The summed E-state index contributed by atoms with van der Waals surface area (Å²) in [6, 6.07) is 10.3. The maximum absolute atomic E-state index is 4.13. The fourth-order valence-electron chi connectivity index (χ4n) is 1.43. The van der Waals surface area contributed by atoms with Crippen LogP contribution in [0.4, 0.5) is 5.82 Å². The highest BCUT2D eigenvalue weighted by Crippen LogP contribution is 2.19. The van der Waals surface area contributed by atoms with Crippen LogP contribution in [0.1, 0.15) is 18.5 Å². The molecular formula is C12H12BrN3. The second-order valence-electron chi connectivity index (χ2n) is 3.51. The molecule has 0 aliphatic heterocycles. The van der Waals surface area contributed by atoms with Crippen LogP contribution in [0.3, 0.4) is 0 Å². The molecule has 1 unspecified atom stereocenters. The third-order valence-corrected chi connectivity index (χ3v) is 2.85. The minimum atomic E-state index is 0.225. The van der Waals surface area contributed by atoms with Crippen molar-refractivity contribution in [2.45, 2.75) is 13.0 Å². The van der Waals surface area contributed by atoms with Crippen molar-refractivity contribution in [2.24, 2.45) is 0 Å². The summed E-state index contributed by atoms with van der Waals surface area (Å²) in [6.07, 6.45) is 3.26. The van der Waals surface area contributed by atoms with Crippen molar-refractivity contribution in [3.63, 3.8) is 0 Å². The van der Waals surface area contributed by atoms with Crippen LogP contribution in [-0.4, -0.2) is 9.97 Å². The van der Waals surface area contributed by atoms with E-state index >= 15 is 0 Å². The van der Waals surface area contributed by atoms with Crippen LogP contribution in [0.5, 0.6) is 0 Å². The summed E-state index contributed by atoms with van der Waals surface area (Å²) in [5.74, 6) is 0.838. The molecule has 1 aromatic heterocycles. The van der Waals surface area contributed by atoms with E-state index in [-0.39, 0.29) is 6.04 Å². The number of anilines is 1. The van der Waals surface area contributed by atoms with Gasteiger partial charge in [-0.2, -0.15) is 0 Å². The maximum Gasteiger partial charge on any atom is 0.129 e. The lowest BCUT2D eigenvalue weighted by Crippen LogP contribution is -2.07. The molecule has 2 aromatic rings. The Bertz CT molecular complexity index is 442. The smallest absolute Gasteiger partial charge is 0.129 e. The Kier molecular flexibility index (Phi) is 3.51. The molecule has 0 amide bonds. The van der Waals surface area contributed by atoms with Crippen LogP contribution in [0.25, 0.3) is 0 Å². The Morgan fingerprint density at radius 2 is 1.94 bits per heavy atom. The van der Waals surface area contributed by atoms with E-state index in [0.29, 0.717) is 0 Å². The Labute approximate surface area is 103 Å². The van der Waals surface area contributed by atoms with Gasteiger partial charge in [0, 0.05) is 16.7 Å². The van der Waals surface area contributed by atoms with E-state index in [4.69, 9.17) is 0 Å². The number of nitrogens with zero attached hydrogens (tertiary/aromatic N) is 2. The Morgan fingerprint density at radius 3 is 2.56 bits per heavy atom. The van der Waals surface area contributed by atoms with E-state index in [1.54, 1.807) is 6.20 Å². The van der Waals surface area contributed by atoms with E-state index in [2.05, 4.69) is 50.3 Å². The molecular weight excluding hydrogens is 266 g/mol. The molecule has 1 N–H and O–H groups in total. The highest BCUT2D eigenvalue weighted by Gasteiger charge is 2.04. The lowest BCUT2D eigenvalue weighted by atomic mass is 10.1. The first-order valence-electron chi connectivity index (χ1n) is 5.04. The number of halogens is 1. The number of nitrogens with one attached hydrogen (secondary N) is 1. The van der Waals surface area contributed by atoms with Gasteiger partial charge in [-0.05, 0) is 30.7 Å². The zero-order chi connectivity index (χ0) is 11.4. The van der Waals surface area contributed by atoms with E-state index < -0.39 is 0 Å². The summed E-state index contributed by atoms with van der Waals surface area (Å²) in [4.78, 5) is 8.01. The second kappa shape index (κ2) is 5.07. The molecule has 3 nitrogen and oxygen atoms in total. The first-order chi connectivity index (χ1) is 7.75. The molecule has 0 radical (unpaired) electrons. The average molecular weight is 278 g/mol. The number of hydrogen-bond acceptors (Lipinski definition) is 3. The van der Waals surface area contributed by atoms with Gasteiger partial charge >= 0.3 is 0 Å². The standard InChI is InChI=1S/C12H12BrN3/c1-9(10-2-4-11(13)5-3-10)16-12-6-7-14-8-15-12/h2-9H,1H3,(H,14,15,16). The van der Waals surface area contributed by atoms with Crippen LogP contribution in [0, 0.1) is 0 Å². The zero-order valence-electron chi connectivity index (χ0n) is 8.89. The molecule has 1 aromatic carbocycles. The van der Waals surface area contributed by atoms with Gasteiger partial charge in [-0.25, -0.2) is 9.97 Å². The monoisotopic (exact) mass is 277 g/mol. The van der Waals surface area contributed by atoms with Gasteiger partial charge in [0.05, 0.1) is 0 Å². The molecule has 0 spiro atoms. The Morgan fingerprint density at radius 1 is 1.19 bits per heavy atom. The Balaban J connectivity index is 2.09. The number of hydrogen-bond donors (Lipinski definition) is 1. The fraction of sp³-hybridized carbons (Fsp3) is 0.167. The number of aromatic nitrogens is 2. The molecule has 0 fully saturated rings. The first kappa shape index (κ1) is 11.1. The molecule has 0 aliphatic rings. The van der Waals surface area contributed by atoms with Gasteiger partial charge in [0.1, 0.15) is 12.1 Å². The van der Waals surface area contributed by atoms with Crippen molar-refractivity contribution >= 4 is 21.7 Å². The third-order valence-electron chi connectivity index (χ3n) is 2.32. The minimum Gasteiger partial charge on any atom is -0.363 e. The van der Waals surface area contributed by atoms with Gasteiger partial charge in [0.2, 0.25) is 0 Å². The van der Waals surface area contributed by atoms with Gasteiger partial charge in [-0.15, -0.1) is 0 Å². The summed E-state index contributed by atoms with van der Waals surface area (Å²) >= 11 is 3.42. The van der Waals surface area contributed by atoms with Crippen molar-refractivity contribution in [1.82, 2.24) is 9.97 Å². The van der Waals surface area contributed by atoms with Gasteiger partial charge in [-0.3, -0.25) is 0 Å². The number of rotatable bonds is 3. The van der Waals surface area contributed by atoms with Crippen molar-refractivity contribution < 1.29 is 0 Å². The number of benzene rings is 1. The van der Waals surface area contributed by atoms with Gasteiger partial charge < -0.3 is 5.32 Å². The van der Waals surface area contributed by atoms with Gasteiger partial charge in [0.25, 0.3) is 0 Å². The normalized spacial score (nSPS) is 12.1. The third kappa shape index (κ3) is 2.79. The van der Waals surface area contributed by atoms with Crippen LogP contribution in [0.15, 0.2) is 47.3 Å². The molecule has 16 heavy (non-hydrogen) atoms. The zero-order valence-corrected chi connectivity index (χ0v) is 10.5. The van der Waals surface area contributed by atoms with Crippen LogP contribution in [-0.2, 0) is 0 Å². The lowest BCUT2D eigenvalue weighted by molar-refractivity contribution is 0.871. The van der Waals surface area contributed by atoms with Crippen molar-refractivity contribution in [2.75, 3.05) is 5.32 Å². The highest BCUT2D eigenvalue weighted by atomic mass is 79.9. The van der Waals surface area contributed by atoms with Crippen LogP contribution >= 0.6 is 15.9 Å². The quantitative estimate of drug-likeness (QED) is 0.934. The summed E-state index contributed by atoms with van der Waals surface area (Å²) < 4.78 is 1.09. The summed E-state index contributed by atoms with van der Waals surface area (Å²) in [7, 11) is 0. The SMILES string of the molecule is CC(Nc1ccncn1)c1ccc(Br)cc1. The molecule has 1 atom stereocenters. The van der Waals surface area contributed by atoms with Gasteiger partial charge in [-0.1, -0.05) is 28.1 Å². The topological polar surface area (TPSA) is 37.8 Å². The van der Waals surface area contributed by atoms with Crippen LogP contribution in [0.2, 0.25) is 0 Å². The molecule has 4 heteroatoms. The average Bonchev–Trinajstić information content (AvgIpc) is 2.31. The Hall–Kier alpha value is -1.42. The predicted molar refractivity (Wildman–Crippen MR) is 68.2 cm³/mol. The van der Waals surface area contributed by atoms with E-state index in [9.17, 15) is 0 Å². The highest BCUT2D eigenvalue weighted by molar-refractivity contribution is 9.10. The largest absolute Gasteiger partial charge is 0.363 e. The summed E-state index contributed by atoms with van der Waals surface area (Å²) in [5.41, 5.74) is 1.22. The van der Waals surface area contributed by atoms with E-state index in [1.165, 1.54) is 11.9 Å². The van der Waals surface area contributed by atoms with E-state index in [0.717, 1.165) is 10.3 Å². The molecule has 0 saturated heterocycles. The first-order valence-corrected chi connectivity index (χ1v) is 5.83. The van der Waals surface area contributed by atoms with Crippen molar-refractivity contribution in [1.29, 1.82) is 0 Å². The summed E-state index contributed by atoms with van der Waals surface area (Å²) in [5, 5.41) is 3.31. The predicted octanol–water partition coefficient (Wildman–Crippen LogP) is 3.41. The molecule has 1 heterocycles. The fourth-order valence-corrected chi connectivity index (χ4v) is 1.70. The van der Waals surface area contributed by atoms with E-state index in [1.807, 2.05) is 18.2 Å².